The molecule has 2 aromatic carbocycles. The first-order valence-electron chi connectivity index (χ1n) is 7.64. The first-order chi connectivity index (χ1) is 11.9. The molecule has 7 heteroatoms. The Morgan fingerprint density at radius 3 is 2.76 bits per heavy atom. The number of aromatic amines is 1. The molecule has 0 saturated carbocycles. The lowest BCUT2D eigenvalue weighted by atomic mass is 10.2. The van der Waals surface area contributed by atoms with Gasteiger partial charge >= 0.3 is 0 Å². The van der Waals surface area contributed by atoms with Gasteiger partial charge in [0.1, 0.15) is 29.1 Å². The minimum atomic E-state index is -0.793. The van der Waals surface area contributed by atoms with Gasteiger partial charge in [-0.15, -0.1) is 0 Å². The SMILES string of the molecule is Cc1ccc2nc(C3=C(O)CN(c4ccc(F)cc4F)C3=N)[nH]c2c1. The van der Waals surface area contributed by atoms with Crippen molar-refractivity contribution in [2.75, 3.05) is 11.4 Å². The second-order valence-electron chi connectivity index (χ2n) is 5.96. The van der Waals surface area contributed by atoms with Gasteiger partial charge in [0.15, 0.2) is 0 Å². The molecule has 0 aliphatic carbocycles. The smallest absolute Gasteiger partial charge is 0.149 e. The summed E-state index contributed by atoms with van der Waals surface area (Å²) in [5, 5.41) is 18.6. The van der Waals surface area contributed by atoms with Gasteiger partial charge in [0.2, 0.25) is 0 Å². The second-order valence-corrected chi connectivity index (χ2v) is 5.96. The lowest BCUT2D eigenvalue weighted by Gasteiger charge is -2.19. The van der Waals surface area contributed by atoms with E-state index in [1.54, 1.807) is 0 Å². The van der Waals surface area contributed by atoms with Crippen LogP contribution in [0.5, 0.6) is 0 Å². The number of aliphatic hydroxyl groups is 1. The Morgan fingerprint density at radius 1 is 1.20 bits per heavy atom. The number of halogens is 2. The van der Waals surface area contributed by atoms with Crippen molar-refractivity contribution in [2.24, 2.45) is 0 Å². The Labute approximate surface area is 141 Å². The van der Waals surface area contributed by atoms with Crippen LogP contribution in [0.3, 0.4) is 0 Å². The minimum Gasteiger partial charge on any atom is -0.509 e. The monoisotopic (exact) mass is 340 g/mol. The molecule has 1 aromatic heterocycles. The van der Waals surface area contributed by atoms with Crippen molar-refractivity contribution >= 4 is 28.1 Å². The number of fused-ring (bicyclic) bond motifs is 1. The van der Waals surface area contributed by atoms with E-state index in [9.17, 15) is 13.9 Å². The highest BCUT2D eigenvalue weighted by molar-refractivity contribution is 6.30. The number of nitrogens with one attached hydrogen (secondary N) is 2. The van der Waals surface area contributed by atoms with E-state index in [-0.39, 0.29) is 29.4 Å². The van der Waals surface area contributed by atoms with Crippen molar-refractivity contribution in [1.29, 1.82) is 5.41 Å². The van der Waals surface area contributed by atoms with Gasteiger partial charge in [0.25, 0.3) is 0 Å². The molecule has 4 rings (SSSR count). The third-order valence-corrected chi connectivity index (χ3v) is 4.18. The Balaban J connectivity index is 1.75. The minimum absolute atomic E-state index is 0.0277. The fraction of sp³-hybridized carbons (Fsp3) is 0.111. The van der Waals surface area contributed by atoms with Gasteiger partial charge in [-0.25, -0.2) is 13.8 Å². The van der Waals surface area contributed by atoms with E-state index in [2.05, 4.69) is 9.97 Å². The van der Waals surface area contributed by atoms with E-state index in [1.165, 1.54) is 11.0 Å². The standard InChI is InChI=1S/C18H14F2N4O/c1-9-2-4-12-13(6-9)23-18(22-12)16-15(25)8-24(17(16)21)14-5-3-10(19)7-11(14)20/h2-7,21,25H,8H2,1H3,(H,22,23). The van der Waals surface area contributed by atoms with Crippen molar-refractivity contribution in [3.63, 3.8) is 0 Å². The van der Waals surface area contributed by atoms with E-state index in [4.69, 9.17) is 5.41 Å². The molecule has 5 nitrogen and oxygen atoms in total. The fourth-order valence-corrected chi connectivity index (χ4v) is 2.98. The van der Waals surface area contributed by atoms with Crippen molar-refractivity contribution in [3.8, 4) is 0 Å². The van der Waals surface area contributed by atoms with E-state index >= 15 is 0 Å². The first-order valence-corrected chi connectivity index (χ1v) is 7.64. The van der Waals surface area contributed by atoms with Crippen LogP contribution < -0.4 is 4.90 Å². The molecule has 0 atom stereocenters. The van der Waals surface area contributed by atoms with Crippen LogP contribution in [0.2, 0.25) is 0 Å². The third kappa shape index (κ3) is 2.44. The van der Waals surface area contributed by atoms with Crippen LogP contribution in [0.4, 0.5) is 14.5 Å². The summed E-state index contributed by atoms with van der Waals surface area (Å²) in [4.78, 5) is 8.77. The molecule has 0 fully saturated rings. The predicted molar refractivity (Wildman–Crippen MR) is 91.8 cm³/mol. The van der Waals surface area contributed by atoms with Crippen LogP contribution in [0.1, 0.15) is 11.4 Å². The van der Waals surface area contributed by atoms with Gasteiger partial charge in [-0.2, -0.15) is 0 Å². The maximum Gasteiger partial charge on any atom is 0.149 e. The number of aryl methyl sites for hydroxylation is 1. The van der Waals surface area contributed by atoms with Crippen molar-refractivity contribution in [1.82, 2.24) is 9.97 Å². The summed E-state index contributed by atoms with van der Waals surface area (Å²) in [6.45, 7) is 1.88. The number of nitrogens with zero attached hydrogens (tertiary/aromatic N) is 2. The lowest BCUT2D eigenvalue weighted by molar-refractivity contribution is 0.411. The Hall–Kier alpha value is -3.22. The Bertz CT molecular complexity index is 1050. The quantitative estimate of drug-likeness (QED) is 0.662. The molecule has 0 saturated heterocycles. The number of benzene rings is 2. The van der Waals surface area contributed by atoms with E-state index in [0.717, 1.165) is 23.2 Å². The van der Waals surface area contributed by atoms with Crippen molar-refractivity contribution in [2.45, 2.75) is 6.92 Å². The Morgan fingerprint density at radius 2 is 2.00 bits per heavy atom. The second kappa shape index (κ2) is 5.41. The van der Waals surface area contributed by atoms with Gasteiger partial charge in [0.05, 0.1) is 28.8 Å². The number of anilines is 1. The predicted octanol–water partition coefficient (Wildman–Crippen LogP) is 3.92. The topological polar surface area (TPSA) is 76.0 Å². The van der Waals surface area contributed by atoms with Crippen molar-refractivity contribution in [3.05, 3.63) is 65.2 Å². The number of hydrogen-bond acceptors (Lipinski definition) is 3. The fourth-order valence-electron chi connectivity index (χ4n) is 2.98. The van der Waals surface area contributed by atoms with Crippen molar-refractivity contribution < 1.29 is 13.9 Å². The molecule has 0 amide bonds. The van der Waals surface area contributed by atoms with Crippen LogP contribution in [0, 0.1) is 24.0 Å². The highest BCUT2D eigenvalue weighted by Gasteiger charge is 2.32. The van der Waals surface area contributed by atoms with Crippen LogP contribution in [0.25, 0.3) is 16.6 Å². The zero-order valence-corrected chi connectivity index (χ0v) is 13.3. The lowest BCUT2D eigenvalue weighted by Crippen LogP contribution is -2.27. The zero-order valence-electron chi connectivity index (χ0n) is 13.3. The maximum absolute atomic E-state index is 14.0. The molecule has 1 aliphatic heterocycles. The number of aliphatic hydroxyl groups excluding tert-OH is 1. The molecule has 126 valence electrons. The number of rotatable bonds is 2. The average Bonchev–Trinajstić information content (AvgIpc) is 3.07. The largest absolute Gasteiger partial charge is 0.509 e. The highest BCUT2D eigenvalue weighted by atomic mass is 19.1. The first kappa shape index (κ1) is 15.3. The van der Waals surface area contributed by atoms with Crippen LogP contribution >= 0.6 is 0 Å². The highest BCUT2D eigenvalue weighted by Crippen LogP contribution is 2.32. The van der Waals surface area contributed by atoms with Crippen LogP contribution in [-0.4, -0.2) is 27.5 Å². The molecule has 0 radical (unpaired) electrons. The van der Waals surface area contributed by atoms with E-state index < -0.39 is 11.6 Å². The summed E-state index contributed by atoms with van der Waals surface area (Å²) in [5.41, 5.74) is 2.78. The normalized spacial score (nSPS) is 14.8. The molecule has 0 spiro atoms. The van der Waals surface area contributed by atoms with Gasteiger partial charge in [0, 0.05) is 6.07 Å². The molecule has 1 aliphatic rings. The summed E-state index contributed by atoms with van der Waals surface area (Å²) < 4.78 is 27.2. The van der Waals surface area contributed by atoms with Gasteiger partial charge < -0.3 is 15.0 Å². The number of hydrogen-bond donors (Lipinski definition) is 3. The van der Waals surface area contributed by atoms with E-state index in [0.29, 0.717) is 11.3 Å². The third-order valence-electron chi connectivity index (χ3n) is 4.18. The summed E-state index contributed by atoms with van der Waals surface area (Å²) in [6.07, 6.45) is 0. The number of aromatic nitrogens is 2. The molecular weight excluding hydrogens is 326 g/mol. The molecular formula is C18H14F2N4O. The maximum atomic E-state index is 14.0. The summed E-state index contributed by atoms with van der Waals surface area (Å²) in [5.74, 6) is -1.34. The van der Waals surface area contributed by atoms with Crippen LogP contribution in [-0.2, 0) is 0 Å². The molecule has 0 unspecified atom stereocenters. The molecule has 25 heavy (non-hydrogen) atoms. The van der Waals surface area contributed by atoms with Crippen LogP contribution in [0.15, 0.2) is 42.2 Å². The molecule has 2 heterocycles. The molecule has 3 N–H and O–H groups in total. The number of amidine groups is 1. The number of imidazole rings is 1. The Kier molecular flexibility index (Phi) is 3.31. The van der Waals surface area contributed by atoms with E-state index in [1.807, 2.05) is 25.1 Å². The number of H-pyrrole nitrogens is 1. The summed E-state index contributed by atoms with van der Waals surface area (Å²) >= 11 is 0. The van der Waals surface area contributed by atoms with Gasteiger partial charge in [-0.1, -0.05) is 6.07 Å². The molecule has 0 bridgehead atoms. The average molecular weight is 340 g/mol. The van der Waals surface area contributed by atoms with Gasteiger partial charge in [-0.3, -0.25) is 5.41 Å². The zero-order chi connectivity index (χ0) is 17.7. The summed E-state index contributed by atoms with van der Waals surface area (Å²) in [7, 11) is 0. The van der Waals surface area contributed by atoms with Gasteiger partial charge in [-0.05, 0) is 36.8 Å². The molecule has 3 aromatic rings. The summed E-state index contributed by atoms with van der Waals surface area (Å²) in [6, 6.07) is 8.79.